The van der Waals surface area contributed by atoms with Crippen molar-refractivity contribution in [2.45, 2.75) is 72.0 Å². The largest absolute Gasteiger partial charge is 0.326 e. The predicted octanol–water partition coefficient (Wildman–Crippen LogP) is 11.4. The second kappa shape index (κ2) is 14.3. The summed E-state index contributed by atoms with van der Waals surface area (Å²) in [5.41, 5.74) is 10.8. The van der Waals surface area contributed by atoms with Gasteiger partial charge in [-0.25, -0.2) is 0 Å². The summed E-state index contributed by atoms with van der Waals surface area (Å²) >= 11 is 1.81. The first kappa shape index (κ1) is 36.6. The van der Waals surface area contributed by atoms with Crippen molar-refractivity contribution >= 4 is 39.6 Å². The SMILES string of the molecule is CC(C)(C)c1ccc(-c2[c-]cccc2)nc1.CC(C)(C)c1ccccc1-c1cc(-c2[c-]ccc3c2sc2cccn23)ncc1[Si](C)(C)C.[Ir]. The molecule has 0 atom stereocenters. The van der Waals surface area contributed by atoms with Crippen molar-refractivity contribution < 1.29 is 20.1 Å². The summed E-state index contributed by atoms with van der Waals surface area (Å²) in [5, 5.41) is 1.41. The second-order valence-corrected chi connectivity index (χ2v) is 21.6. The Labute approximate surface area is 310 Å². The van der Waals surface area contributed by atoms with Crippen LogP contribution in [0.15, 0.2) is 110 Å². The van der Waals surface area contributed by atoms with E-state index < -0.39 is 8.07 Å². The average molecular weight is 856 g/mol. The Morgan fingerprint density at radius 2 is 1.43 bits per heavy atom. The number of pyridine rings is 2. The Kier molecular flexibility index (Phi) is 10.7. The van der Waals surface area contributed by atoms with Crippen LogP contribution in [-0.2, 0) is 30.9 Å². The molecule has 7 aromatic rings. The van der Waals surface area contributed by atoms with E-state index in [0.717, 1.165) is 22.5 Å². The van der Waals surface area contributed by atoms with Crippen molar-refractivity contribution in [3.63, 3.8) is 0 Å². The van der Waals surface area contributed by atoms with Crippen molar-refractivity contribution in [1.82, 2.24) is 14.4 Å². The van der Waals surface area contributed by atoms with E-state index in [0.29, 0.717) is 0 Å². The van der Waals surface area contributed by atoms with Gasteiger partial charge in [0, 0.05) is 38.7 Å². The van der Waals surface area contributed by atoms with Crippen LogP contribution in [0.25, 0.3) is 48.7 Å². The van der Waals surface area contributed by atoms with Crippen LogP contribution in [0.2, 0.25) is 19.6 Å². The van der Waals surface area contributed by atoms with E-state index in [-0.39, 0.29) is 30.9 Å². The zero-order valence-electron chi connectivity index (χ0n) is 30.0. The molecular weight excluding hydrogens is 811 g/mol. The van der Waals surface area contributed by atoms with Crippen LogP contribution in [0, 0.1) is 12.1 Å². The zero-order chi connectivity index (χ0) is 34.3. The Morgan fingerprint density at radius 1 is 0.694 bits per heavy atom. The molecule has 0 amide bonds. The molecule has 0 aliphatic rings. The normalized spacial score (nSPS) is 12.0. The number of thiazole rings is 1. The van der Waals surface area contributed by atoms with Gasteiger partial charge in [-0.3, -0.25) is 0 Å². The van der Waals surface area contributed by atoms with Crippen LogP contribution in [0.5, 0.6) is 0 Å². The molecule has 0 N–H and O–H groups in total. The van der Waals surface area contributed by atoms with Gasteiger partial charge in [-0.1, -0.05) is 104 Å². The molecule has 3 nitrogen and oxygen atoms in total. The van der Waals surface area contributed by atoms with Crippen molar-refractivity contribution in [1.29, 1.82) is 0 Å². The first-order valence-electron chi connectivity index (χ1n) is 16.7. The Morgan fingerprint density at radius 3 is 2.08 bits per heavy atom. The molecule has 0 saturated carbocycles. The molecule has 4 heterocycles. The van der Waals surface area contributed by atoms with Crippen LogP contribution in [-0.4, -0.2) is 22.4 Å². The molecule has 6 heteroatoms. The Bertz CT molecular complexity index is 2180. The summed E-state index contributed by atoms with van der Waals surface area (Å²) < 4.78 is 3.50. The molecular formula is C43H45IrN3SSi-2. The Balaban J connectivity index is 0.000000233. The molecule has 253 valence electrons. The van der Waals surface area contributed by atoms with Crippen LogP contribution in [0.3, 0.4) is 0 Å². The summed E-state index contributed by atoms with van der Waals surface area (Å²) in [4.78, 5) is 10.7. The molecule has 1 radical (unpaired) electrons. The molecule has 49 heavy (non-hydrogen) atoms. The van der Waals surface area contributed by atoms with Gasteiger partial charge in [0.15, 0.2) is 0 Å². The van der Waals surface area contributed by atoms with Crippen LogP contribution in [0.4, 0.5) is 0 Å². The summed E-state index contributed by atoms with van der Waals surface area (Å²) in [5.74, 6) is 0. The smallest absolute Gasteiger partial charge is 0.0894 e. The van der Waals surface area contributed by atoms with Gasteiger partial charge in [-0.05, 0) is 72.0 Å². The zero-order valence-corrected chi connectivity index (χ0v) is 34.2. The maximum atomic E-state index is 5.00. The monoisotopic (exact) mass is 856 g/mol. The van der Waals surface area contributed by atoms with E-state index in [1.165, 1.54) is 42.5 Å². The molecule has 3 aromatic carbocycles. The standard InChI is InChI=1S/C28H29N2SSi.C15H16N.Ir/c1-28(2,3)22-13-8-7-11-19(22)21-17-23(29-18-25(21)32(4,5)6)20-12-9-14-24-27(20)31-26-15-10-16-30(24)26;1-15(2,3)13-9-10-14(16-11-13)12-7-5-4-6-8-12;/h7-11,13-18H,1-6H3;4-7,9-11H,1-3H3;/q2*-1;. The minimum absolute atomic E-state index is 0. The van der Waals surface area contributed by atoms with Crippen molar-refractivity contribution in [3.05, 3.63) is 133 Å². The van der Waals surface area contributed by atoms with Crippen molar-refractivity contribution in [2.24, 2.45) is 0 Å². The topological polar surface area (TPSA) is 30.2 Å². The molecule has 4 aromatic heterocycles. The first-order chi connectivity index (χ1) is 22.7. The number of aromatic nitrogens is 3. The number of nitrogens with zero attached hydrogens (tertiary/aromatic N) is 3. The minimum Gasteiger partial charge on any atom is -0.326 e. The van der Waals surface area contributed by atoms with Gasteiger partial charge in [0.2, 0.25) is 0 Å². The van der Waals surface area contributed by atoms with E-state index in [1.807, 2.05) is 47.9 Å². The van der Waals surface area contributed by atoms with Crippen molar-refractivity contribution in [3.8, 4) is 33.6 Å². The molecule has 0 aliphatic heterocycles. The van der Waals surface area contributed by atoms with Crippen molar-refractivity contribution in [2.75, 3.05) is 0 Å². The molecule has 7 rings (SSSR count). The second-order valence-electron chi connectivity index (χ2n) is 15.5. The summed E-state index contributed by atoms with van der Waals surface area (Å²) in [6, 6.07) is 38.4. The predicted molar refractivity (Wildman–Crippen MR) is 209 cm³/mol. The van der Waals surface area contributed by atoms with Gasteiger partial charge in [0.25, 0.3) is 0 Å². The van der Waals surface area contributed by atoms with Crippen LogP contribution >= 0.6 is 11.3 Å². The number of fused-ring (bicyclic) bond motifs is 3. The molecule has 0 fully saturated rings. The third-order valence-corrected chi connectivity index (χ3v) is 11.9. The van der Waals surface area contributed by atoms with E-state index in [1.54, 1.807) is 0 Å². The maximum absolute atomic E-state index is 5.00. The average Bonchev–Trinajstić information content (AvgIpc) is 3.66. The van der Waals surface area contributed by atoms with E-state index in [4.69, 9.17) is 4.98 Å². The molecule has 0 bridgehead atoms. The number of hydrogen-bond donors (Lipinski definition) is 0. The third kappa shape index (κ3) is 7.89. The van der Waals surface area contributed by atoms with E-state index in [9.17, 15) is 0 Å². The number of rotatable bonds is 4. The molecule has 0 saturated heterocycles. The summed E-state index contributed by atoms with van der Waals surface area (Å²) in [6.45, 7) is 20.7. The molecule has 0 spiro atoms. The van der Waals surface area contributed by atoms with E-state index >= 15 is 0 Å². The fourth-order valence-corrected chi connectivity index (χ4v) is 8.66. The van der Waals surface area contributed by atoms with Gasteiger partial charge < -0.3 is 14.4 Å². The maximum Gasteiger partial charge on any atom is 0.0894 e. The van der Waals surface area contributed by atoms with Gasteiger partial charge in [-0.15, -0.1) is 59.7 Å². The minimum atomic E-state index is -1.61. The summed E-state index contributed by atoms with van der Waals surface area (Å²) in [6.07, 6.45) is 6.23. The fraction of sp³-hybridized carbons (Fsp3) is 0.256. The van der Waals surface area contributed by atoms with Gasteiger partial charge in [0.1, 0.15) is 0 Å². The quantitative estimate of drug-likeness (QED) is 0.130. The number of benzene rings is 3. The van der Waals surface area contributed by atoms with Gasteiger partial charge >= 0.3 is 0 Å². The van der Waals surface area contributed by atoms with Crippen LogP contribution in [0.1, 0.15) is 52.7 Å². The first-order valence-corrected chi connectivity index (χ1v) is 21.0. The van der Waals surface area contributed by atoms with Gasteiger partial charge in [-0.2, -0.15) is 11.3 Å². The third-order valence-electron chi connectivity index (χ3n) is 8.71. The van der Waals surface area contributed by atoms with E-state index in [2.05, 4.69) is 156 Å². The van der Waals surface area contributed by atoms with Crippen LogP contribution < -0.4 is 5.19 Å². The molecule has 0 aliphatic carbocycles. The number of hydrogen-bond acceptors (Lipinski definition) is 3. The van der Waals surface area contributed by atoms with Gasteiger partial charge in [0.05, 0.1) is 12.9 Å². The summed E-state index contributed by atoms with van der Waals surface area (Å²) in [7, 11) is -1.61. The fourth-order valence-electron chi connectivity index (χ4n) is 6.04. The Hall–Kier alpha value is -3.67. The molecule has 0 unspecified atom stereocenters.